The Labute approximate surface area is 105 Å². The molecular weight excluding hydrogens is 241 g/mol. The van der Waals surface area contributed by atoms with Gasteiger partial charge in [0.25, 0.3) is 0 Å². The van der Waals surface area contributed by atoms with Crippen LogP contribution in [0, 0.1) is 18.7 Å². The molecule has 0 radical (unpaired) electrons. The number of halogens is 2. The molecule has 1 saturated heterocycles. The molecule has 2 rings (SSSR count). The summed E-state index contributed by atoms with van der Waals surface area (Å²) >= 11 is 5.75. The van der Waals surface area contributed by atoms with Crippen LogP contribution in [-0.2, 0) is 11.3 Å². The number of likely N-dealkylation sites (tertiary alicyclic amines) is 1. The van der Waals surface area contributed by atoms with E-state index in [1.807, 2.05) is 6.07 Å². The lowest BCUT2D eigenvalue weighted by molar-refractivity contribution is -0.128. The number of nitrogens with zero attached hydrogens (tertiary/aromatic N) is 1. The fourth-order valence-electron chi connectivity index (χ4n) is 2.07. The number of carbonyl (C=O) groups excluding carboxylic acids is 1. The molecule has 2 nitrogen and oxygen atoms in total. The lowest BCUT2D eigenvalue weighted by atomic mass is 10.1. The highest BCUT2D eigenvalue weighted by Gasteiger charge is 2.28. The Kier molecular flexibility index (Phi) is 3.67. The van der Waals surface area contributed by atoms with Crippen molar-refractivity contribution in [1.29, 1.82) is 0 Å². The smallest absolute Gasteiger partial charge is 0.223 e. The first-order valence-electron chi connectivity index (χ1n) is 5.69. The minimum atomic E-state index is -0.219. The minimum absolute atomic E-state index is 0.108. The van der Waals surface area contributed by atoms with Crippen LogP contribution in [0.1, 0.15) is 17.5 Å². The van der Waals surface area contributed by atoms with E-state index in [2.05, 4.69) is 0 Å². The number of amides is 1. The van der Waals surface area contributed by atoms with Gasteiger partial charge in [0.05, 0.1) is 0 Å². The molecule has 92 valence electrons. The summed E-state index contributed by atoms with van der Waals surface area (Å²) in [6.45, 7) is 2.88. The van der Waals surface area contributed by atoms with Gasteiger partial charge in [0, 0.05) is 25.4 Å². The second kappa shape index (κ2) is 5.05. The summed E-state index contributed by atoms with van der Waals surface area (Å²) in [6.07, 6.45) is 0.512. The summed E-state index contributed by atoms with van der Waals surface area (Å²) in [4.78, 5) is 13.4. The average molecular weight is 256 g/mol. The van der Waals surface area contributed by atoms with Crippen molar-refractivity contribution >= 4 is 17.5 Å². The van der Waals surface area contributed by atoms with Gasteiger partial charge in [0.15, 0.2) is 0 Å². The highest BCUT2D eigenvalue weighted by atomic mass is 35.5. The third kappa shape index (κ3) is 2.78. The van der Waals surface area contributed by atoms with E-state index < -0.39 is 0 Å². The summed E-state index contributed by atoms with van der Waals surface area (Å²) in [7, 11) is 0. The molecule has 0 bridgehead atoms. The summed E-state index contributed by atoms with van der Waals surface area (Å²) in [5.74, 6) is 0.629. The minimum Gasteiger partial charge on any atom is -0.338 e. The Morgan fingerprint density at radius 3 is 2.88 bits per heavy atom. The second-order valence-electron chi connectivity index (χ2n) is 4.58. The quantitative estimate of drug-likeness (QED) is 0.761. The van der Waals surface area contributed by atoms with Crippen molar-refractivity contribution in [3.8, 4) is 0 Å². The molecule has 1 aromatic carbocycles. The number of hydrogen-bond acceptors (Lipinski definition) is 1. The summed E-state index contributed by atoms with van der Waals surface area (Å²) in [5, 5.41) is 0. The largest absolute Gasteiger partial charge is 0.338 e. The van der Waals surface area contributed by atoms with Crippen molar-refractivity contribution < 1.29 is 9.18 Å². The number of rotatable bonds is 3. The number of aryl methyl sites for hydroxylation is 1. The molecule has 1 aliphatic heterocycles. The zero-order valence-electron chi connectivity index (χ0n) is 9.75. The summed E-state index contributed by atoms with van der Waals surface area (Å²) in [5.41, 5.74) is 1.46. The van der Waals surface area contributed by atoms with E-state index in [1.165, 1.54) is 6.07 Å². The normalized spacial score (nSPS) is 20.1. The van der Waals surface area contributed by atoms with E-state index in [4.69, 9.17) is 11.6 Å². The summed E-state index contributed by atoms with van der Waals surface area (Å²) < 4.78 is 13.4. The van der Waals surface area contributed by atoms with Crippen molar-refractivity contribution in [3.05, 3.63) is 35.1 Å². The maximum Gasteiger partial charge on any atom is 0.223 e. The van der Waals surface area contributed by atoms with Gasteiger partial charge in [-0.05, 0) is 30.0 Å². The van der Waals surface area contributed by atoms with Crippen molar-refractivity contribution in [2.24, 2.45) is 5.92 Å². The highest BCUT2D eigenvalue weighted by Crippen LogP contribution is 2.21. The zero-order valence-corrected chi connectivity index (χ0v) is 10.5. The molecule has 1 amide bonds. The number of alkyl halides is 1. The van der Waals surface area contributed by atoms with Gasteiger partial charge in [-0.3, -0.25) is 4.79 Å². The van der Waals surface area contributed by atoms with Crippen LogP contribution in [0.25, 0.3) is 0 Å². The molecule has 0 aliphatic carbocycles. The van der Waals surface area contributed by atoms with Crippen molar-refractivity contribution in [2.75, 3.05) is 12.4 Å². The first kappa shape index (κ1) is 12.4. The molecule has 1 unspecified atom stereocenters. The second-order valence-corrected chi connectivity index (χ2v) is 4.89. The molecule has 0 saturated carbocycles. The van der Waals surface area contributed by atoms with Crippen LogP contribution < -0.4 is 0 Å². The molecule has 0 spiro atoms. The van der Waals surface area contributed by atoms with Gasteiger partial charge in [0.1, 0.15) is 5.82 Å². The molecule has 1 fully saturated rings. The Balaban J connectivity index is 2.06. The zero-order chi connectivity index (χ0) is 12.4. The number of carbonyl (C=O) groups is 1. The maximum atomic E-state index is 13.4. The first-order valence-corrected chi connectivity index (χ1v) is 6.22. The van der Waals surface area contributed by atoms with Gasteiger partial charge < -0.3 is 4.90 Å². The van der Waals surface area contributed by atoms with Gasteiger partial charge in [-0.25, -0.2) is 4.39 Å². The Morgan fingerprint density at radius 1 is 1.53 bits per heavy atom. The van der Waals surface area contributed by atoms with Crippen molar-refractivity contribution in [3.63, 3.8) is 0 Å². The molecule has 17 heavy (non-hydrogen) atoms. The molecule has 1 aromatic rings. The van der Waals surface area contributed by atoms with Crippen molar-refractivity contribution in [2.45, 2.75) is 19.9 Å². The van der Waals surface area contributed by atoms with Crippen molar-refractivity contribution in [1.82, 2.24) is 4.90 Å². The van der Waals surface area contributed by atoms with Gasteiger partial charge in [0.2, 0.25) is 5.91 Å². The fraction of sp³-hybridized carbons (Fsp3) is 0.462. The average Bonchev–Trinajstić information content (AvgIpc) is 2.65. The number of benzene rings is 1. The SMILES string of the molecule is Cc1ccc(CN2CC(CCl)CC2=O)cc1F. The van der Waals surface area contributed by atoms with Crippen LogP contribution in [0.2, 0.25) is 0 Å². The van der Waals surface area contributed by atoms with E-state index in [0.717, 1.165) is 5.56 Å². The molecule has 1 atom stereocenters. The van der Waals surface area contributed by atoms with Crippen LogP contribution in [0.3, 0.4) is 0 Å². The van der Waals surface area contributed by atoms with Gasteiger partial charge in [-0.1, -0.05) is 12.1 Å². The van der Waals surface area contributed by atoms with Crippen LogP contribution in [-0.4, -0.2) is 23.2 Å². The van der Waals surface area contributed by atoms with Gasteiger partial charge in [-0.2, -0.15) is 0 Å². The van der Waals surface area contributed by atoms with Crippen LogP contribution in [0.4, 0.5) is 4.39 Å². The fourth-order valence-corrected chi connectivity index (χ4v) is 2.27. The van der Waals surface area contributed by atoms with Gasteiger partial charge >= 0.3 is 0 Å². The van der Waals surface area contributed by atoms with E-state index in [0.29, 0.717) is 31.0 Å². The Bertz CT molecular complexity index is 435. The molecule has 0 aromatic heterocycles. The lowest BCUT2D eigenvalue weighted by Crippen LogP contribution is -2.24. The highest BCUT2D eigenvalue weighted by molar-refractivity contribution is 6.18. The maximum absolute atomic E-state index is 13.4. The predicted molar refractivity (Wildman–Crippen MR) is 65.4 cm³/mol. The van der Waals surface area contributed by atoms with Gasteiger partial charge in [-0.15, -0.1) is 11.6 Å². The Hall–Kier alpha value is -1.09. The van der Waals surface area contributed by atoms with Crippen LogP contribution in [0.5, 0.6) is 0 Å². The van der Waals surface area contributed by atoms with Crippen LogP contribution >= 0.6 is 11.6 Å². The van der Waals surface area contributed by atoms with E-state index in [1.54, 1.807) is 17.9 Å². The van der Waals surface area contributed by atoms with E-state index in [-0.39, 0.29) is 17.6 Å². The third-order valence-corrected chi connectivity index (χ3v) is 3.56. The lowest BCUT2D eigenvalue weighted by Gasteiger charge is -2.16. The van der Waals surface area contributed by atoms with Crippen LogP contribution in [0.15, 0.2) is 18.2 Å². The Morgan fingerprint density at radius 2 is 2.29 bits per heavy atom. The topological polar surface area (TPSA) is 20.3 Å². The monoisotopic (exact) mass is 255 g/mol. The standard InChI is InChI=1S/C13H15ClFNO/c1-9-2-3-10(4-12(9)15)7-16-8-11(6-14)5-13(16)17/h2-4,11H,5-8H2,1H3. The summed E-state index contributed by atoms with van der Waals surface area (Å²) in [6, 6.07) is 5.10. The molecule has 0 N–H and O–H groups in total. The molecular formula is C13H15ClFNO. The molecule has 1 heterocycles. The van der Waals surface area contributed by atoms with E-state index in [9.17, 15) is 9.18 Å². The molecule has 4 heteroatoms. The van der Waals surface area contributed by atoms with E-state index >= 15 is 0 Å². The first-order chi connectivity index (χ1) is 8.10. The predicted octanol–water partition coefficient (Wildman–Crippen LogP) is 2.72. The third-order valence-electron chi connectivity index (χ3n) is 3.12. The molecule has 1 aliphatic rings. The number of hydrogen-bond donors (Lipinski definition) is 0.